The van der Waals surface area contributed by atoms with Crippen LogP contribution in [0.2, 0.25) is 0 Å². The van der Waals surface area contributed by atoms with Crippen LogP contribution in [0.5, 0.6) is 0 Å². The lowest BCUT2D eigenvalue weighted by Crippen LogP contribution is -2.32. The maximum absolute atomic E-state index is 12.3. The molecule has 0 bridgehead atoms. The number of aryl methyl sites for hydroxylation is 2. The normalized spacial score (nSPS) is 12.9. The molecule has 0 radical (unpaired) electrons. The third kappa shape index (κ3) is 3.47. The zero-order valence-corrected chi connectivity index (χ0v) is 13.9. The van der Waals surface area contributed by atoms with Crippen molar-refractivity contribution in [1.82, 2.24) is 15.1 Å². The van der Waals surface area contributed by atoms with Crippen LogP contribution < -0.4 is 10.9 Å². The third-order valence-electron chi connectivity index (χ3n) is 3.98. The zero-order valence-electron chi connectivity index (χ0n) is 13.0. The molecule has 5 nitrogen and oxygen atoms in total. The number of hydrogen-bond donors (Lipinski definition) is 1. The van der Waals surface area contributed by atoms with E-state index < -0.39 is 0 Å². The van der Waals surface area contributed by atoms with Gasteiger partial charge in [0.25, 0.3) is 11.5 Å². The van der Waals surface area contributed by atoms with Crippen LogP contribution in [0, 0.1) is 0 Å². The first-order valence-corrected chi connectivity index (χ1v) is 8.92. The van der Waals surface area contributed by atoms with E-state index in [-0.39, 0.29) is 11.5 Å². The van der Waals surface area contributed by atoms with Gasteiger partial charge in [-0.15, -0.1) is 11.8 Å². The highest BCUT2D eigenvalue weighted by Gasteiger charge is 2.15. The lowest BCUT2D eigenvalue weighted by Gasteiger charge is -2.10. The van der Waals surface area contributed by atoms with Crippen LogP contribution >= 0.6 is 11.8 Å². The van der Waals surface area contributed by atoms with E-state index in [9.17, 15) is 9.59 Å². The maximum atomic E-state index is 12.3. The van der Waals surface area contributed by atoms with Crippen molar-refractivity contribution in [2.45, 2.75) is 30.7 Å². The number of amides is 1. The average molecular weight is 329 g/mol. The van der Waals surface area contributed by atoms with Crippen molar-refractivity contribution in [3.8, 4) is 0 Å². The van der Waals surface area contributed by atoms with Gasteiger partial charge >= 0.3 is 0 Å². The number of thioether (sulfide) groups is 1. The van der Waals surface area contributed by atoms with Crippen molar-refractivity contribution >= 4 is 17.7 Å². The fourth-order valence-corrected chi connectivity index (χ4v) is 3.40. The van der Waals surface area contributed by atoms with Crippen LogP contribution in [0.15, 0.2) is 40.0 Å². The number of rotatable bonds is 5. The molecule has 0 saturated carbocycles. The quantitative estimate of drug-likeness (QED) is 0.851. The molecule has 0 unspecified atom stereocenters. The second kappa shape index (κ2) is 7.00. The number of nitrogens with zero attached hydrogens (tertiary/aromatic N) is 2. The minimum absolute atomic E-state index is 0.0931. The number of hydrogen-bond acceptors (Lipinski definition) is 4. The van der Waals surface area contributed by atoms with Crippen molar-refractivity contribution in [3.05, 3.63) is 57.5 Å². The van der Waals surface area contributed by atoms with Gasteiger partial charge in [0.15, 0.2) is 0 Å². The van der Waals surface area contributed by atoms with Crippen LogP contribution in [0.25, 0.3) is 0 Å². The minimum atomic E-state index is -0.121. The van der Waals surface area contributed by atoms with E-state index in [0.29, 0.717) is 18.7 Å². The molecule has 1 aliphatic carbocycles. The SMILES string of the molecule is CSc1ccccc1C(=O)NCCn1nc2c(cc1=O)CCC2. The molecule has 6 heteroatoms. The van der Waals surface area contributed by atoms with E-state index in [1.165, 1.54) is 4.68 Å². The largest absolute Gasteiger partial charge is 0.350 e. The first-order valence-electron chi connectivity index (χ1n) is 7.70. The first-order chi connectivity index (χ1) is 11.2. The Hall–Kier alpha value is -2.08. The van der Waals surface area contributed by atoms with Gasteiger partial charge in [-0.1, -0.05) is 12.1 Å². The summed E-state index contributed by atoms with van der Waals surface area (Å²) in [5, 5.41) is 7.27. The summed E-state index contributed by atoms with van der Waals surface area (Å²) in [5.74, 6) is -0.121. The number of fused-ring (bicyclic) bond motifs is 1. The lowest BCUT2D eigenvalue weighted by molar-refractivity contribution is 0.0949. The summed E-state index contributed by atoms with van der Waals surface area (Å²) < 4.78 is 1.45. The second-order valence-electron chi connectivity index (χ2n) is 5.49. The monoisotopic (exact) mass is 329 g/mol. The molecule has 0 saturated heterocycles. The van der Waals surface area contributed by atoms with Crippen molar-refractivity contribution < 1.29 is 4.79 Å². The van der Waals surface area contributed by atoms with E-state index in [1.54, 1.807) is 23.9 Å². The Bertz CT molecular complexity index is 786. The average Bonchev–Trinajstić information content (AvgIpc) is 3.01. The van der Waals surface area contributed by atoms with E-state index >= 15 is 0 Å². The van der Waals surface area contributed by atoms with Gasteiger partial charge < -0.3 is 5.32 Å². The van der Waals surface area contributed by atoms with Crippen LogP contribution in [0.1, 0.15) is 28.0 Å². The second-order valence-corrected chi connectivity index (χ2v) is 6.34. The molecule has 1 amide bonds. The fourth-order valence-electron chi connectivity index (χ4n) is 2.80. The van der Waals surface area contributed by atoms with Gasteiger partial charge in [-0.2, -0.15) is 5.10 Å². The van der Waals surface area contributed by atoms with Crippen LogP contribution in [-0.2, 0) is 19.4 Å². The number of aromatic nitrogens is 2. The molecule has 2 aromatic rings. The van der Waals surface area contributed by atoms with E-state index in [1.807, 2.05) is 24.5 Å². The summed E-state index contributed by atoms with van der Waals surface area (Å²) >= 11 is 1.54. The Labute approximate surface area is 139 Å². The Morgan fingerprint density at radius 3 is 3.00 bits per heavy atom. The molecule has 0 aliphatic heterocycles. The molecular weight excluding hydrogens is 310 g/mol. The predicted octanol–water partition coefficient (Wildman–Crippen LogP) is 1.88. The number of benzene rings is 1. The molecule has 0 fully saturated rings. The minimum Gasteiger partial charge on any atom is -0.350 e. The first kappa shape index (κ1) is 15.8. The van der Waals surface area contributed by atoms with Gasteiger partial charge in [0, 0.05) is 17.5 Å². The van der Waals surface area contributed by atoms with E-state index in [0.717, 1.165) is 35.4 Å². The lowest BCUT2D eigenvalue weighted by atomic mass is 10.2. The molecule has 0 atom stereocenters. The van der Waals surface area contributed by atoms with Crippen LogP contribution in [0.3, 0.4) is 0 Å². The molecule has 0 spiro atoms. The molecular formula is C17H19N3O2S. The molecule has 1 N–H and O–H groups in total. The van der Waals surface area contributed by atoms with E-state index in [2.05, 4.69) is 10.4 Å². The molecule has 1 aliphatic rings. The number of nitrogens with one attached hydrogen (secondary N) is 1. The molecule has 1 aromatic carbocycles. The molecule has 1 aromatic heterocycles. The summed E-state index contributed by atoms with van der Waals surface area (Å²) in [4.78, 5) is 25.2. The van der Waals surface area contributed by atoms with Crippen LogP contribution in [0.4, 0.5) is 0 Å². The van der Waals surface area contributed by atoms with Crippen molar-refractivity contribution in [2.24, 2.45) is 0 Å². The van der Waals surface area contributed by atoms with Gasteiger partial charge in [0.2, 0.25) is 0 Å². The third-order valence-corrected chi connectivity index (χ3v) is 4.78. The highest BCUT2D eigenvalue weighted by molar-refractivity contribution is 7.98. The van der Waals surface area contributed by atoms with Crippen molar-refractivity contribution in [1.29, 1.82) is 0 Å². The zero-order chi connectivity index (χ0) is 16.2. The Kier molecular flexibility index (Phi) is 4.81. The summed E-state index contributed by atoms with van der Waals surface area (Å²) in [6, 6.07) is 9.17. The van der Waals surface area contributed by atoms with Gasteiger partial charge in [-0.25, -0.2) is 4.68 Å². The standard InChI is InChI=1S/C17H19N3O2S/c1-23-15-8-3-2-6-13(15)17(22)18-9-10-20-16(21)11-12-5-4-7-14(12)19-20/h2-3,6,8,11H,4-5,7,9-10H2,1H3,(H,18,22). The molecule has 23 heavy (non-hydrogen) atoms. The van der Waals surface area contributed by atoms with Crippen molar-refractivity contribution in [3.63, 3.8) is 0 Å². The summed E-state index contributed by atoms with van der Waals surface area (Å²) in [5.41, 5.74) is 2.66. The Morgan fingerprint density at radius 1 is 1.35 bits per heavy atom. The smallest absolute Gasteiger partial charge is 0.267 e. The van der Waals surface area contributed by atoms with Crippen LogP contribution in [-0.4, -0.2) is 28.5 Å². The summed E-state index contributed by atoms with van der Waals surface area (Å²) in [7, 11) is 0. The molecule has 1 heterocycles. The highest BCUT2D eigenvalue weighted by atomic mass is 32.2. The predicted molar refractivity (Wildman–Crippen MR) is 91.1 cm³/mol. The number of carbonyl (C=O) groups excluding carboxylic acids is 1. The fraction of sp³-hybridized carbons (Fsp3) is 0.353. The Morgan fingerprint density at radius 2 is 2.17 bits per heavy atom. The Balaban J connectivity index is 1.64. The van der Waals surface area contributed by atoms with Gasteiger partial charge in [-0.3, -0.25) is 9.59 Å². The van der Waals surface area contributed by atoms with E-state index in [4.69, 9.17) is 0 Å². The summed E-state index contributed by atoms with van der Waals surface area (Å²) in [6.45, 7) is 0.770. The van der Waals surface area contributed by atoms with Gasteiger partial charge in [0.05, 0.1) is 17.8 Å². The maximum Gasteiger partial charge on any atom is 0.267 e. The molecule has 120 valence electrons. The van der Waals surface area contributed by atoms with Gasteiger partial charge in [0.1, 0.15) is 0 Å². The van der Waals surface area contributed by atoms with Gasteiger partial charge in [-0.05, 0) is 43.2 Å². The highest BCUT2D eigenvalue weighted by Crippen LogP contribution is 2.19. The topological polar surface area (TPSA) is 64.0 Å². The molecule has 3 rings (SSSR count). The summed E-state index contributed by atoms with van der Waals surface area (Å²) in [6.07, 6.45) is 4.89. The number of carbonyl (C=O) groups is 1. The van der Waals surface area contributed by atoms with Crippen molar-refractivity contribution in [2.75, 3.05) is 12.8 Å².